The molecule has 18 heavy (non-hydrogen) atoms. The van der Waals surface area contributed by atoms with E-state index in [1.54, 1.807) is 6.07 Å². The summed E-state index contributed by atoms with van der Waals surface area (Å²) in [5.74, 6) is 0.626. The predicted molar refractivity (Wildman–Crippen MR) is 77.8 cm³/mol. The van der Waals surface area contributed by atoms with E-state index in [9.17, 15) is 0 Å². The van der Waals surface area contributed by atoms with Crippen molar-refractivity contribution in [2.24, 2.45) is 0 Å². The first-order valence-corrected chi connectivity index (χ1v) is 6.55. The first-order chi connectivity index (χ1) is 8.69. The fourth-order valence-corrected chi connectivity index (χ4v) is 1.75. The number of nitrogens with zero attached hydrogens (tertiary/aromatic N) is 2. The lowest BCUT2D eigenvalue weighted by atomic mass is 10.1. The van der Waals surface area contributed by atoms with Gasteiger partial charge < -0.3 is 5.73 Å². The third kappa shape index (κ3) is 3.86. The zero-order valence-electron chi connectivity index (χ0n) is 10.3. The van der Waals surface area contributed by atoms with Gasteiger partial charge in [-0.15, -0.1) is 11.6 Å². The van der Waals surface area contributed by atoms with Crippen LogP contribution in [0.25, 0.3) is 11.3 Å². The van der Waals surface area contributed by atoms with Crippen molar-refractivity contribution in [3.63, 3.8) is 0 Å². The molecular formula is C13H15Cl2N3. The average Bonchev–Trinajstić information content (AvgIpc) is 2.40. The van der Waals surface area contributed by atoms with Crippen LogP contribution in [-0.2, 0) is 5.88 Å². The quantitative estimate of drug-likeness (QED) is 0.666. The van der Waals surface area contributed by atoms with E-state index in [0.29, 0.717) is 16.7 Å². The van der Waals surface area contributed by atoms with Gasteiger partial charge in [-0.1, -0.05) is 43.6 Å². The molecule has 0 bridgehead atoms. The van der Waals surface area contributed by atoms with Crippen molar-refractivity contribution in [2.75, 3.05) is 5.73 Å². The summed E-state index contributed by atoms with van der Waals surface area (Å²) in [5, 5.41) is 0.332. The molecular weight excluding hydrogens is 269 g/mol. The highest BCUT2D eigenvalue weighted by Gasteiger charge is 2.04. The van der Waals surface area contributed by atoms with Gasteiger partial charge in [-0.25, -0.2) is 9.97 Å². The number of aromatic nitrogens is 2. The third-order valence-corrected chi connectivity index (χ3v) is 2.59. The summed E-state index contributed by atoms with van der Waals surface area (Å²) in [4.78, 5) is 7.93. The van der Waals surface area contributed by atoms with Crippen LogP contribution in [0, 0.1) is 0 Å². The number of halogens is 2. The highest BCUT2D eigenvalue weighted by atomic mass is 35.5. The summed E-state index contributed by atoms with van der Waals surface area (Å²) in [6.07, 6.45) is 0. The first kappa shape index (κ1) is 14.7. The van der Waals surface area contributed by atoms with Crippen LogP contribution < -0.4 is 5.73 Å². The number of anilines is 1. The lowest BCUT2D eigenvalue weighted by Gasteiger charge is -2.04. The van der Waals surface area contributed by atoms with Gasteiger partial charge in [0, 0.05) is 17.5 Å². The minimum atomic E-state index is 0.166. The van der Waals surface area contributed by atoms with Crippen LogP contribution in [0.4, 0.5) is 5.95 Å². The molecule has 0 spiro atoms. The number of nitrogens with two attached hydrogens (primary N) is 1. The van der Waals surface area contributed by atoms with E-state index in [0.717, 1.165) is 11.1 Å². The maximum absolute atomic E-state index is 5.82. The van der Waals surface area contributed by atoms with Gasteiger partial charge in [0.25, 0.3) is 0 Å². The van der Waals surface area contributed by atoms with Gasteiger partial charge in [-0.2, -0.15) is 0 Å². The van der Waals surface area contributed by atoms with Crippen molar-refractivity contribution in [3.05, 3.63) is 41.0 Å². The van der Waals surface area contributed by atoms with E-state index in [-0.39, 0.29) is 5.95 Å². The molecule has 1 aromatic carbocycles. The van der Waals surface area contributed by atoms with Crippen LogP contribution in [0.1, 0.15) is 19.4 Å². The fraction of sp³-hybridized carbons (Fsp3) is 0.231. The minimum Gasteiger partial charge on any atom is -0.368 e. The summed E-state index contributed by atoms with van der Waals surface area (Å²) in [6.45, 7) is 4.00. The van der Waals surface area contributed by atoms with Gasteiger partial charge >= 0.3 is 0 Å². The molecule has 96 valence electrons. The van der Waals surface area contributed by atoms with Crippen LogP contribution in [0.15, 0.2) is 30.3 Å². The molecule has 1 heterocycles. The molecule has 2 N–H and O–H groups in total. The van der Waals surface area contributed by atoms with Crippen molar-refractivity contribution in [1.29, 1.82) is 0 Å². The Balaban J connectivity index is 0.000000771. The molecule has 0 amide bonds. The van der Waals surface area contributed by atoms with Crippen molar-refractivity contribution < 1.29 is 0 Å². The van der Waals surface area contributed by atoms with Gasteiger partial charge in [0.2, 0.25) is 5.95 Å². The van der Waals surface area contributed by atoms with E-state index in [2.05, 4.69) is 9.97 Å². The molecule has 0 aliphatic heterocycles. The van der Waals surface area contributed by atoms with Crippen molar-refractivity contribution in [3.8, 4) is 11.3 Å². The van der Waals surface area contributed by atoms with Gasteiger partial charge in [0.1, 0.15) is 5.15 Å². The lowest BCUT2D eigenvalue weighted by Crippen LogP contribution is -1.96. The Morgan fingerprint density at radius 1 is 1.17 bits per heavy atom. The van der Waals surface area contributed by atoms with Crippen molar-refractivity contribution in [1.82, 2.24) is 9.97 Å². The van der Waals surface area contributed by atoms with Crippen LogP contribution in [0.5, 0.6) is 0 Å². The second-order valence-corrected chi connectivity index (χ2v) is 3.92. The highest BCUT2D eigenvalue weighted by Crippen LogP contribution is 2.22. The van der Waals surface area contributed by atoms with Crippen LogP contribution in [0.2, 0.25) is 5.15 Å². The zero-order chi connectivity index (χ0) is 13.5. The number of benzene rings is 1. The second-order valence-electron chi connectivity index (χ2n) is 3.27. The van der Waals surface area contributed by atoms with Crippen molar-refractivity contribution in [2.45, 2.75) is 19.7 Å². The topological polar surface area (TPSA) is 51.8 Å². The summed E-state index contributed by atoms with van der Waals surface area (Å²) >= 11 is 11.6. The Hall–Kier alpha value is -1.32. The van der Waals surface area contributed by atoms with Gasteiger partial charge in [0.05, 0.1) is 5.69 Å². The molecule has 0 fully saturated rings. The molecule has 2 rings (SSSR count). The molecule has 0 radical (unpaired) electrons. The zero-order valence-corrected chi connectivity index (χ0v) is 11.8. The van der Waals surface area contributed by atoms with Gasteiger partial charge in [-0.3, -0.25) is 0 Å². The SMILES string of the molecule is CC.Nc1nc(Cl)cc(-c2cccc(CCl)c2)n1. The largest absolute Gasteiger partial charge is 0.368 e. The number of nitrogen functional groups attached to an aromatic ring is 1. The molecule has 5 heteroatoms. The normalized spacial score (nSPS) is 9.56. The molecule has 3 nitrogen and oxygen atoms in total. The number of alkyl halides is 1. The Morgan fingerprint density at radius 2 is 1.89 bits per heavy atom. The standard InChI is InChI=1S/C11H9Cl2N3.C2H6/c12-6-7-2-1-3-8(4-7)9-5-10(13)16-11(14)15-9;1-2/h1-5H,6H2,(H2,14,15,16);1-2H3. The van der Waals surface area contributed by atoms with E-state index in [1.165, 1.54) is 0 Å². The summed E-state index contributed by atoms with van der Waals surface area (Å²) < 4.78 is 0. The van der Waals surface area contributed by atoms with E-state index in [4.69, 9.17) is 28.9 Å². The first-order valence-electron chi connectivity index (χ1n) is 5.64. The second kappa shape index (κ2) is 7.19. The Labute approximate surface area is 117 Å². The molecule has 0 unspecified atom stereocenters. The number of rotatable bonds is 2. The van der Waals surface area contributed by atoms with E-state index in [1.807, 2.05) is 38.1 Å². The molecule has 1 aromatic heterocycles. The Morgan fingerprint density at radius 3 is 2.50 bits per heavy atom. The Kier molecular flexibility index (Phi) is 5.89. The van der Waals surface area contributed by atoms with Crippen LogP contribution >= 0.6 is 23.2 Å². The van der Waals surface area contributed by atoms with Gasteiger partial charge in [0.15, 0.2) is 0 Å². The summed E-state index contributed by atoms with van der Waals surface area (Å²) in [6, 6.07) is 9.41. The van der Waals surface area contributed by atoms with E-state index >= 15 is 0 Å². The summed E-state index contributed by atoms with van der Waals surface area (Å²) in [7, 11) is 0. The Bertz CT molecular complexity index is 495. The maximum Gasteiger partial charge on any atom is 0.221 e. The fourth-order valence-electron chi connectivity index (χ4n) is 1.40. The molecule has 0 saturated carbocycles. The molecule has 0 aliphatic carbocycles. The highest BCUT2D eigenvalue weighted by molar-refractivity contribution is 6.29. The van der Waals surface area contributed by atoms with Crippen LogP contribution in [-0.4, -0.2) is 9.97 Å². The predicted octanol–water partition coefficient (Wildman–Crippen LogP) is 4.14. The lowest BCUT2D eigenvalue weighted by molar-refractivity contribution is 1.19. The molecule has 0 atom stereocenters. The summed E-state index contributed by atoms with van der Waals surface area (Å²) in [5.41, 5.74) is 8.18. The monoisotopic (exact) mass is 283 g/mol. The molecule has 2 aromatic rings. The number of hydrogen-bond acceptors (Lipinski definition) is 3. The van der Waals surface area contributed by atoms with Gasteiger partial charge in [-0.05, 0) is 11.6 Å². The molecule has 0 saturated heterocycles. The van der Waals surface area contributed by atoms with Crippen molar-refractivity contribution >= 4 is 29.2 Å². The maximum atomic E-state index is 5.82. The minimum absolute atomic E-state index is 0.166. The molecule has 0 aliphatic rings. The van der Waals surface area contributed by atoms with E-state index < -0.39 is 0 Å². The smallest absolute Gasteiger partial charge is 0.221 e. The van der Waals surface area contributed by atoms with Crippen LogP contribution in [0.3, 0.4) is 0 Å². The third-order valence-electron chi connectivity index (χ3n) is 2.09. The number of hydrogen-bond donors (Lipinski definition) is 1. The average molecular weight is 284 g/mol.